The Morgan fingerprint density at radius 1 is 0.929 bits per heavy atom. The molecule has 3 aromatic carbocycles. The van der Waals surface area contributed by atoms with Crippen LogP contribution in [-0.4, -0.2) is 10.7 Å². The minimum Gasteiger partial charge on any atom is -0.464 e. The molecule has 3 aromatic rings. The van der Waals surface area contributed by atoms with E-state index in [0.717, 1.165) is 39.6 Å². The molecule has 0 radical (unpaired) electrons. The summed E-state index contributed by atoms with van der Waals surface area (Å²) in [5.74, 6) is 0.886. The van der Waals surface area contributed by atoms with E-state index in [1.54, 1.807) is 0 Å². The lowest BCUT2D eigenvalue weighted by Gasteiger charge is -2.38. The van der Waals surface area contributed by atoms with Gasteiger partial charge in [-0.15, -0.1) is 0 Å². The zero-order chi connectivity index (χ0) is 19.3. The molecule has 0 aromatic heterocycles. The summed E-state index contributed by atoms with van der Waals surface area (Å²) in [6.07, 6.45) is 0.588. The molecule has 2 aliphatic rings. The van der Waals surface area contributed by atoms with Crippen molar-refractivity contribution < 1.29 is 4.74 Å². The maximum atomic E-state index is 6.39. The third-order valence-electron chi connectivity index (χ3n) is 5.50. The molecule has 0 saturated carbocycles. The van der Waals surface area contributed by atoms with Gasteiger partial charge in [-0.3, -0.25) is 0 Å². The maximum absolute atomic E-state index is 6.39. The maximum Gasteiger partial charge on any atom is 0.213 e. The van der Waals surface area contributed by atoms with E-state index in [-0.39, 0.29) is 12.3 Å². The van der Waals surface area contributed by atoms with Crippen molar-refractivity contribution in [1.82, 2.24) is 5.01 Å². The smallest absolute Gasteiger partial charge is 0.213 e. The Hall–Kier alpha value is -2.78. The van der Waals surface area contributed by atoms with Crippen LogP contribution in [0.15, 0.2) is 71.8 Å². The molecule has 3 nitrogen and oxygen atoms in total. The average Bonchev–Trinajstić information content (AvgIpc) is 3.14. The van der Waals surface area contributed by atoms with E-state index in [9.17, 15) is 0 Å². The summed E-state index contributed by atoms with van der Waals surface area (Å²) in [7, 11) is 0. The van der Waals surface area contributed by atoms with E-state index in [0.29, 0.717) is 0 Å². The summed E-state index contributed by atoms with van der Waals surface area (Å²) in [5.41, 5.74) is 6.92. The monoisotopic (exact) mass is 388 g/mol. The van der Waals surface area contributed by atoms with Crippen LogP contribution in [0.25, 0.3) is 0 Å². The van der Waals surface area contributed by atoms with Crippen LogP contribution in [0.3, 0.4) is 0 Å². The number of benzene rings is 3. The van der Waals surface area contributed by atoms with Gasteiger partial charge >= 0.3 is 0 Å². The van der Waals surface area contributed by atoms with Gasteiger partial charge in [-0.2, -0.15) is 5.10 Å². The van der Waals surface area contributed by atoms with Crippen molar-refractivity contribution in [2.75, 3.05) is 0 Å². The topological polar surface area (TPSA) is 24.8 Å². The number of halogens is 1. The molecular formula is C24H21ClN2O. The molecule has 2 heterocycles. The predicted octanol–water partition coefficient (Wildman–Crippen LogP) is 6.20. The third-order valence-corrected chi connectivity index (χ3v) is 5.73. The molecule has 0 spiro atoms. The Morgan fingerprint density at radius 2 is 1.61 bits per heavy atom. The van der Waals surface area contributed by atoms with E-state index in [1.807, 2.05) is 18.2 Å². The van der Waals surface area contributed by atoms with E-state index < -0.39 is 0 Å². The standard InChI is InChI=1S/C24H21ClN2O/c1-15-3-7-17(8-4-15)21-14-22-20-13-19(25)11-12-23(20)28-24(27(22)26-21)18-9-5-16(2)6-10-18/h3-13,22,24H,14H2,1-2H3/t22-,24-/m0/s1. The first-order valence-corrected chi connectivity index (χ1v) is 9.92. The number of fused-ring (bicyclic) bond motifs is 3. The molecular weight excluding hydrogens is 368 g/mol. The summed E-state index contributed by atoms with van der Waals surface area (Å²) in [5, 5.41) is 7.82. The van der Waals surface area contributed by atoms with Crippen LogP contribution in [-0.2, 0) is 0 Å². The highest BCUT2D eigenvalue weighted by Crippen LogP contribution is 2.48. The van der Waals surface area contributed by atoms with Crippen LogP contribution >= 0.6 is 11.6 Å². The molecule has 0 bridgehead atoms. The van der Waals surface area contributed by atoms with Crippen molar-refractivity contribution in [2.24, 2.45) is 5.10 Å². The van der Waals surface area contributed by atoms with Crippen molar-refractivity contribution in [3.05, 3.63) is 99.6 Å². The van der Waals surface area contributed by atoms with Crippen molar-refractivity contribution in [3.8, 4) is 5.75 Å². The molecule has 2 aliphatic heterocycles. The molecule has 0 amide bonds. The number of nitrogens with zero attached hydrogens (tertiary/aromatic N) is 2. The predicted molar refractivity (Wildman–Crippen MR) is 113 cm³/mol. The summed E-state index contributed by atoms with van der Waals surface area (Å²) in [4.78, 5) is 0. The molecule has 0 N–H and O–H groups in total. The Morgan fingerprint density at radius 3 is 2.32 bits per heavy atom. The van der Waals surface area contributed by atoms with Crippen LogP contribution in [0.2, 0.25) is 5.02 Å². The number of aryl methyl sites for hydroxylation is 2. The second kappa shape index (κ2) is 6.68. The van der Waals surface area contributed by atoms with Crippen molar-refractivity contribution in [3.63, 3.8) is 0 Å². The molecule has 4 heteroatoms. The normalized spacial score (nSPS) is 20.2. The average molecular weight is 389 g/mol. The second-order valence-corrected chi connectivity index (χ2v) is 8.01. The van der Waals surface area contributed by atoms with E-state index in [4.69, 9.17) is 21.4 Å². The molecule has 0 unspecified atom stereocenters. The fraction of sp³-hybridized carbons (Fsp3) is 0.208. The summed E-state index contributed by atoms with van der Waals surface area (Å²) >= 11 is 6.30. The Balaban J connectivity index is 1.59. The van der Waals surface area contributed by atoms with Gasteiger partial charge in [0.05, 0.1) is 11.8 Å². The van der Waals surface area contributed by atoms with Gasteiger partial charge in [-0.25, -0.2) is 5.01 Å². The van der Waals surface area contributed by atoms with Crippen LogP contribution < -0.4 is 4.74 Å². The third kappa shape index (κ3) is 2.96. The first-order valence-electron chi connectivity index (χ1n) is 9.54. The van der Waals surface area contributed by atoms with Crippen LogP contribution in [0.5, 0.6) is 5.75 Å². The Bertz CT molecular complexity index is 1060. The number of hydrazone groups is 1. The highest BCUT2D eigenvalue weighted by atomic mass is 35.5. The zero-order valence-electron chi connectivity index (χ0n) is 15.9. The zero-order valence-corrected chi connectivity index (χ0v) is 16.6. The van der Waals surface area contributed by atoms with Crippen LogP contribution in [0, 0.1) is 13.8 Å². The van der Waals surface area contributed by atoms with Gasteiger partial charge in [0.15, 0.2) is 0 Å². The van der Waals surface area contributed by atoms with Gasteiger partial charge < -0.3 is 4.74 Å². The highest BCUT2D eigenvalue weighted by Gasteiger charge is 2.41. The molecule has 2 atom stereocenters. The van der Waals surface area contributed by atoms with Gasteiger partial charge in [-0.05, 0) is 37.6 Å². The number of rotatable bonds is 2. The number of hydrogen-bond donors (Lipinski definition) is 0. The lowest BCUT2D eigenvalue weighted by atomic mass is 9.95. The lowest BCUT2D eigenvalue weighted by molar-refractivity contribution is -0.0190. The largest absolute Gasteiger partial charge is 0.464 e. The fourth-order valence-electron chi connectivity index (χ4n) is 3.93. The minimum atomic E-state index is -0.248. The number of ether oxygens (including phenoxy) is 1. The fourth-order valence-corrected chi connectivity index (χ4v) is 4.11. The van der Waals surface area contributed by atoms with E-state index in [1.165, 1.54) is 11.1 Å². The first-order chi connectivity index (χ1) is 13.6. The summed E-state index contributed by atoms with van der Waals surface area (Å²) in [6, 6.07) is 23.0. The molecule has 28 heavy (non-hydrogen) atoms. The minimum absolute atomic E-state index is 0.116. The van der Waals surface area contributed by atoms with E-state index in [2.05, 4.69) is 67.4 Å². The van der Waals surface area contributed by atoms with Gasteiger partial charge in [0.25, 0.3) is 0 Å². The van der Waals surface area contributed by atoms with Crippen LogP contribution in [0.4, 0.5) is 0 Å². The van der Waals surface area contributed by atoms with Gasteiger partial charge in [0.1, 0.15) is 5.75 Å². The van der Waals surface area contributed by atoms with Crippen molar-refractivity contribution >= 4 is 17.3 Å². The van der Waals surface area contributed by atoms with Crippen molar-refractivity contribution in [2.45, 2.75) is 32.5 Å². The summed E-state index contributed by atoms with van der Waals surface area (Å²) < 4.78 is 6.39. The first kappa shape index (κ1) is 17.3. The van der Waals surface area contributed by atoms with E-state index >= 15 is 0 Å². The Kier molecular flexibility index (Phi) is 4.13. The van der Waals surface area contributed by atoms with Gasteiger partial charge in [0, 0.05) is 22.6 Å². The van der Waals surface area contributed by atoms with Gasteiger partial charge in [0.2, 0.25) is 6.23 Å². The molecule has 0 saturated heterocycles. The molecule has 0 aliphatic carbocycles. The number of hydrogen-bond acceptors (Lipinski definition) is 3. The highest BCUT2D eigenvalue weighted by molar-refractivity contribution is 6.30. The second-order valence-electron chi connectivity index (χ2n) is 7.58. The summed E-state index contributed by atoms with van der Waals surface area (Å²) in [6.45, 7) is 4.19. The Labute approximate surface area is 170 Å². The molecule has 140 valence electrons. The van der Waals surface area contributed by atoms with Crippen LogP contribution in [0.1, 0.15) is 46.5 Å². The molecule has 0 fully saturated rings. The quantitative estimate of drug-likeness (QED) is 0.522. The lowest BCUT2D eigenvalue weighted by Crippen LogP contribution is -2.33. The molecule has 5 rings (SSSR count). The van der Waals surface area contributed by atoms with Crippen molar-refractivity contribution in [1.29, 1.82) is 0 Å². The van der Waals surface area contributed by atoms with Gasteiger partial charge in [-0.1, -0.05) is 71.3 Å². The SMILES string of the molecule is Cc1ccc(C2=NN3[C@@H](C2)c2cc(Cl)ccc2O[C@H]3c2ccc(C)cc2)cc1.